The fraction of sp³-hybridized carbons (Fsp3) is 0.400. The van der Waals surface area contributed by atoms with Crippen LogP contribution in [0.25, 0.3) is 0 Å². The second-order valence-corrected chi connectivity index (χ2v) is 3.52. The summed E-state index contributed by atoms with van der Waals surface area (Å²) in [6.45, 7) is 1.95. The second kappa shape index (κ2) is 3.25. The van der Waals surface area contributed by atoms with Gasteiger partial charge in [0.1, 0.15) is 6.04 Å². The lowest BCUT2D eigenvalue weighted by Gasteiger charge is -2.40. The summed E-state index contributed by atoms with van der Waals surface area (Å²) >= 11 is 0. The molecule has 0 aliphatic rings. The molecule has 0 saturated heterocycles. The summed E-state index contributed by atoms with van der Waals surface area (Å²) in [7, 11) is 3.33. The fourth-order valence-electron chi connectivity index (χ4n) is 1.09. The molecule has 0 aliphatic carbocycles. The van der Waals surface area contributed by atoms with Gasteiger partial charge in [0.05, 0.1) is 14.1 Å². The number of hydrogen-bond acceptors (Lipinski definition) is 1. The monoisotopic (exact) mass is 165 g/mol. The maximum Gasteiger partial charge on any atom is 0.111 e. The van der Waals surface area contributed by atoms with Gasteiger partial charge in [0.25, 0.3) is 0 Å². The van der Waals surface area contributed by atoms with Gasteiger partial charge in [-0.05, 0) is 6.92 Å². The lowest BCUT2D eigenvalue weighted by atomic mass is 10.1. The van der Waals surface area contributed by atoms with Crippen molar-refractivity contribution in [2.45, 2.75) is 13.0 Å². The van der Waals surface area contributed by atoms with Crippen LogP contribution in [0, 0.1) is 5.21 Å². The lowest BCUT2D eigenvalue weighted by Crippen LogP contribution is -2.35. The first-order chi connectivity index (χ1) is 5.52. The molecule has 12 heavy (non-hydrogen) atoms. The van der Waals surface area contributed by atoms with Crippen LogP contribution in [0.3, 0.4) is 0 Å². The molecule has 0 bridgehead atoms. The van der Waals surface area contributed by atoms with Crippen LogP contribution in [-0.2, 0) is 0 Å². The van der Waals surface area contributed by atoms with Gasteiger partial charge in [0, 0.05) is 5.56 Å². The summed E-state index contributed by atoms with van der Waals surface area (Å²) in [4.78, 5) is 0. The molecular weight excluding hydrogens is 150 g/mol. The van der Waals surface area contributed by atoms with Gasteiger partial charge in [-0.25, -0.2) is 0 Å². The van der Waals surface area contributed by atoms with Gasteiger partial charge >= 0.3 is 0 Å². The molecule has 0 aromatic heterocycles. The molecule has 0 unspecified atom stereocenters. The van der Waals surface area contributed by atoms with Crippen LogP contribution in [0.4, 0.5) is 0 Å². The maximum absolute atomic E-state index is 11.5. The van der Waals surface area contributed by atoms with Crippen LogP contribution >= 0.6 is 0 Å². The summed E-state index contributed by atoms with van der Waals surface area (Å²) in [6, 6.07) is 9.86. The van der Waals surface area contributed by atoms with Crippen molar-refractivity contribution in [3.05, 3.63) is 41.1 Å². The van der Waals surface area contributed by atoms with E-state index in [4.69, 9.17) is 0 Å². The van der Waals surface area contributed by atoms with E-state index in [0.29, 0.717) is 0 Å². The molecule has 1 aromatic carbocycles. The number of benzene rings is 1. The molecule has 0 fully saturated rings. The average molecular weight is 165 g/mol. The van der Waals surface area contributed by atoms with Gasteiger partial charge in [-0.1, -0.05) is 30.3 Å². The van der Waals surface area contributed by atoms with E-state index in [-0.39, 0.29) is 10.7 Å². The third-order valence-corrected chi connectivity index (χ3v) is 2.21. The predicted octanol–water partition coefficient (Wildman–Crippen LogP) is 2.32. The van der Waals surface area contributed by atoms with E-state index in [1.165, 1.54) is 0 Å². The van der Waals surface area contributed by atoms with Crippen molar-refractivity contribution in [3.63, 3.8) is 0 Å². The highest BCUT2D eigenvalue weighted by Crippen LogP contribution is 2.22. The van der Waals surface area contributed by atoms with Crippen molar-refractivity contribution in [1.82, 2.24) is 0 Å². The Morgan fingerprint density at radius 3 is 2.08 bits per heavy atom. The number of hydroxylamine groups is 3. The summed E-state index contributed by atoms with van der Waals surface area (Å²) in [6.07, 6.45) is 0. The molecule has 2 heteroatoms. The Labute approximate surface area is 73.6 Å². The highest BCUT2D eigenvalue weighted by Gasteiger charge is 2.15. The van der Waals surface area contributed by atoms with Crippen LogP contribution in [0.1, 0.15) is 18.5 Å². The van der Waals surface area contributed by atoms with Gasteiger partial charge < -0.3 is 9.85 Å². The standard InChI is InChI=1S/C10H15NO/c1-9(11(2,3)12)10-7-5-4-6-8-10/h4-9H,1-3H3/t9-/m1/s1. The minimum absolute atomic E-state index is 0.00574. The minimum Gasteiger partial charge on any atom is -0.633 e. The topological polar surface area (TPSA) is 23.1 Å². The molecule has 0 heterocycles. The summed E-state index contributed by atoms with van der Waals surface area (Å²) < 4.78 is -0.274. The lowest BCUT2D eigenvalue weighted by molar-refractivity contribution is -0.870. The van der Waals surface area contributed by atoms with Crippen LogP contribution in [-0.4, -0.2) is 18.7 Å². The highest BCUT2D eigenvalue weighted by atomic mass is 16.5. The van der Waals surface area contributed by atoms with Crippen LogP contribution in [0.2, 0.25) is 0 Å². The van der Waals surface area contributed by atoms with Gasteiger partial charge in [-0.2, -0.15) is 0 Å². The maximum atomic E-state index is 11.5. The summed E-state index contributed by atoms with van der Waals surface area (Å²) in [5, 5.41) is 11.5. The van der Waals surface area contributed by atoms with Gasteiger partial charge in [-0.3, -0.25) is 0 Å². The minimum atomic E-state index is -0.274. The molecule has 2 nitrogen and oxygen atoms in total. The van der Waals surface area contributed by atoms with Crippen molar-refractivity contribution >= 4 is 0 Å². The van der Waals surface area contributed by atoms with Crippen molar-refractivity contribution in [2.24, 2.45) is 0 Å². The Bertz CT molecular complexity index is 238. The van der Waals surface area contributed by atoms with E-state index in [1.807, 2.05) is 37.3 Å². The SMILES string of the molecule is C[C@H](c1ccccc1)[N+](C)(C)[O-]. The molecule has 0 spiro atoms. The first-order valence-corrected chi connectivity index (χ1v) is 4.11. The molecule has 0 amide bonds. The first kappa shape index (κ1) is 9.23. The number of quaternary nitrogens is 1. The zero-order valence-electron chi connectivity index (χ0n) is 7.82. The molecule has 0 saturated carbocycles. The molecule has 0 N–H and O–H groups in total. The Kier molecular flexibility index (Phi) is 2.50. The summed E-state index contributed by atoms with van der Waals surface area (Å²) in [5.41, 5.74) is 1.09. The third kappa shape index (κ3) is 2.06. The van der Waals surface area contributed by atoms with Crippen LogP contribution in [0.15, 0.2) is 30.3 Å². The van der Waals surface area contributed by atoms with E-state index in [9.17, 15) is 5.21 Å². The zero-order chi connectivity index (χ0) is 9.19. The smallest absolute Gasteiger partial charge is 0.111 e. The Morgan fingerprint density at radius 2 is 1.67 bits per heavy atom. The molecular formula is C10H15NO. The third-order valence-electron chi connectivity index (χ3n) is 2.21. The predicted molar refractivity (Wildman–Crippen MR) is 50.3 cm³/mol. The van der Waals surface area contributed by atoms with E-state index in [1.54, 1.807) is 14.1 Å². The second-order valence-electron chi connectivity index (χ2n) is 3.52. The highest BCUT2D eigenvalue weighted by molar-refractivity contribution is 5.16. The molecule has 66 valence electrons. The number of rotatable bonds is 2. The molecule has 1 rings (SSSR count). The first-order valence-electron chi connectivity index (χ1n) is 4.11. The Morgan fingerprint density at radius 1 is 1.17 bits per heavy atom. The average Bonchev–Trinajstić information content (AvgIpc) is 2.03. The van der Waals surface area contributed by atoms with Crippen molar-refractivity contribution in [2.75, 3.05) is 14.1 Å². The van der Waals surface area contributed by atoms with E-state index in [0.717, 1.165) is 5.56 Å². The van der Waals surface area contributed by atoms with E-state index >= 15 is 0 Å². The summed E-state index contributed by atoms with van der Waals surface area (Å²) in [5.74, 6) is 0. The molecule has 0 radical (unpaired) electrons. The van der Waals surface area contributed by atoms with Gasteiger partial charge in [0.2, 0.25) is 0 Å². The Hall–Kier alpha value is -0.860. The van der Waals surface area contributed by atoms with E-state index in [2.05, 4.69) is 0 Å². The number of hydrogen-bond donors (Lipinski definition) is 0. The normalized spacial score (nSPS) is 14.3. The molecule has 1 atom stereocenters. The van der Waals surface area contributed by atoms with Gasteiger partial charge in [0.15, 0.2) is 0 Å². The Balaban J connectivity index is 2.86. The molecule has 1 aromatic rings. The van der Waals surface area contributed by atoms with Crippen LogP contribution < -0.4 is 0 Å². The van der Waals surface area contributed by atoms with Crippen molar-refractivity contribution in [3.8, 4) is 0 Å². The van der Waals surface area contributed by atoms with Crippen LogP contribution in [0.5, 0.6) is 0 Å². The van der Waals surface area contributed by atoms with Gasteiger partial charge in [-0.15, -0.1) is 0 Å². The zero-order valence-corrected chi connectivity index (χ0v) is 7.82. The number of nitrogens with zero attached hydrogens (tertiary/aromatic N) is 1. The quantitative estimate of drug-likeness (QED) is 0.487. The molecule has 0 aliphatic heterocycles. The fourth-order valence-corrected chi connectivity index (χ4v) is 1.09. The van der Waals surface area contributed by atoms with E-state index < -0.39 is 0 Å². The largest absolute Gasteiger partial charge is 0.633 e. The van der Waals surface area contributed by atoms with Crippen molar-refractivity contribution < 1.29 is 4.65 Å². The van der Waals surface area contributed by atoms with Crippen molar-refractivity contribution in [1.29, 1.82) is 0 Å².